The van der Waals surface area contributed by atoms with Crippen molar-refractivity contribution in [2.24, 2.45) is 23.7 Å². The number of alkyl carbamates (subject to hydrolysis) is 1. The summed E-state index contributed by atoms with van der Waals surface area (Å²) in [5, 5.41) is 16.3. The molecule has 0 unspecified atom stereocenters. The standard InChI is InChI=1S/C41H68N6O9/c1-24(2)19-29(33(48)42-32(22-27(7)8)36(51)47-41(11,12)38(53)55-13)44-37(52)40(9,10)46-35(50)31(21-26(5)6)43-34(49)30(20-25(3)4)45-39(54)56-23-28-17-15-14-16-18-28/h14-18,24-27,29-32H,19-23H2,1-13H3,(H,42,48)(H,43,49)(H,44,52)(H,45,54)(H,46,50)(H,47,51)/t29-,30-,31+,32+/m0/s1. The Hall–Kier alpha value is -4.69. The van der Waals surface area contributed by atoms with Crippen LogP contribution in [0.25, 0.3) is 0 Å². The molecule has 0 fully saturated rings. The lowest BCUT2D eigenvalue weighted by Gasteiger charge is -2.32. The summed E-state index contributed by atoms with van der Waals surface area (Å²) in [6.07, 6.45) is 0.197. The Balaban J connectivity index is 3.16. The molecule has 15 nitrogen and oxygen atoms in total. The first-order valence-electron chi connectivity index (χ1n) is 19.5. The number of hydrogen-bond acceptors (Lipinski definition) is 9. The van der Waals surface area contributed by atoms with Crippen LogP contribution in [0.2, 0.25) is 0 Å². The fraction of sp³-hybridized carbons (Fsp3) is 0.683. The highest BCUT2D eigenvalue weighted by molar-refractivity contribution is 5.98. The third kappa shape index (κ3) is 17.8. The minimum Gasteiger partial charge on any atom is -0.467 e. The molecule has 6 N–H and O–H groups in total. The fourth-order valence-electron chi connectivity index (χ4n) is 5.76. The van der Waals surface area contributed by atoms with E-state index >= 15 is 0 Å². The SMILES string of the molecule is COC(=O)C(C)(C)NC(=O)[C@@H](CC(C)C)NC(=O)[C@H](CC(C)C)NC(=O)C(C)(C)NC(=O)[C@@H](CC(C)C)NC(=O)[C@H](CC(C)C)NC(=O)OCc1ccccc1. The molecule has 0 heterocycles. The van der Waals surface area contributed by atoms with Crippen molar-refractivity contribution in [1.82, 2.24) is 31.9 Å². The molecule has 6 amide bonds. The number of nitrogens with one attached hydrogen (secondary N) is 6. The van der Waals surface area contributed by atoms with Gasteiger partial charge in [0.2, 0.25) is 29.5 Å². The van der Waals surface area contributed by atoms with Crippen molar-refractivity contribution in [2.45, 2.75) is 151 Å². The minimum absolute atomic E-state index is 0.0104. The predicted octanol–water partition coefficient (Wildman–Crippen LogP) is 3.88. The van der Waals surface area contributed by atoms with Gasteiger partial charge in [0, 0.05) is 0 Å². The van der Waals surface area contributed by atoms with E-state index in [1.807, 2.05) is 85.7 Å². The highest BCUT2D eigenvalue weighted by Gasteiger charge is 2.38. The minimum atomic E-state index is -1.55. The van der Waals surface area contributed by atoms with Gasteiger partial charge in [0.25, 0.3) is 0 Å². The molecule has 4 atom stereocenters. The van der Waals surface area contributed by atoms with Crippen LogP contribution in [0.4, 0.5) is 4.79 Å². The van der Waals surface area contributed by atoms with Gasteiger partial charge in [0.15, 0.2) is 0 Å². The molecule has 316 valence electrons. The highest BCUT2D eigenvalue weighted by Crippen LogP contribution is 2.15. The molecule has 0 spiro atoms. The Morgan fingerprint density at radius 1 is 0.536 bits per heavy atom. The number of hydrogen-bond donors (Lipinski definition) is 6. The summed E-state index contributed by atoms with van der Waals surface area (Å²) in [6.45, 7) is 21.0. The number of esters is 1. The summed E-state index contributed by atoms with van der Waals surface area (Å²) in [5.41, 5.74) is -2.13. The zero-order chi connectivity index (χ0) is 43.0. The van der Waals surface area contributed by atoms with Gasteiger partial charge >= 0.3 is 12.1 Å². The summed E-state index contributed by atoms with van der Waals surface area (Å²) in [7, 11) is 1.21. The summed E-state index contributed by atoms with van der Waals surface area (Å²) >= 11 is 0. The molecule has 0 bridgehead atoms. The Morgan fingerprint density at radius 2 is 0.911 bits per heavy atom. The van der Waals surface area contributed by atoms with Gasteiger partial charge in [-0.1, -0.05) is 85.7 Å². The Labute approximate surface area is 333 Å². The first kappa shape index (κ1) is 49.3. The predicted molar refractivity (Wildman–Crippen MR) is 214 cm³/mol. The monoisotopic (exact) mass is 789 g/mol. The zero-order valence-electron chi connectivity index (χ0n) is 35.7. The maximum atomic E-state index is 13.8. The molecule has 1 aromatic rings. The topological polar surface area (TPSA) is 210 Å². The third-order valence-corrected chi connectivity index (χ3v) is 8.67. The van der Waals surface area contributed by atoms with Gasteiger partial charge < -0.3 is 41.4 Å². The van der Waals surface area contributed by atoms with Crippen LogP contribution in [-0.4, -0.2) is 84.0 Å². The van der Waals surface area contributed by atoms with Crippen molar-refractivity contribution in [3.63, 3.8) is 0 Å². The summed E-state index contributed by atoms with van der Waals surface area (Å²) < 4.78 is 10.1. The van der Waals surface area contributed by atoms with E-state index in [0.29, 0.717) is 0 Å². The van der Waals surface area contributed by atoms with Crippen LogP contribution in [0.3, 0.4) is 0 Å². The van der Waals surface area contributed by atoms with Crippen molar-refractivity contribution in [3.8, 4) is 0 Å². The molecule has 0 radical (unpaired) electrons. The van der Waals surface area contributed by atoms with Gasteiger partial charge in [0.1, 0.15) is 41.9 Å². The Morgan fingerprint density at radius 3 is 1.30 bits per heavy atom. The molecule has 1 rings (SSSR count). The second-order valence-corrected chi connectivity index (χ2v) is 17.1. The highest BCUT2D eigenvalue weighted by atomic mass is 16.5. The van der Waals surface area contributed by atoms with Crippen molar-refractivity contribution >= 4 is 41.6 Å². The second-order valence-electron chi connectivity index (χ2n) is 17.1. The molecule has 0 saturated carbocycles. The van der Waals surface area contributed by atoms with E-state index in [0.717, 1.165) is 5.56 Å². The molecule has 15 heteroatoms. The number of methoxy groups -OCH3 is 1. The van der Waals surface area contributed by atoms with E-state index in [9.17, 15) is 33.6 Å². The van der Waals surface area contributed by atoms with Crippen LogP contribution in [0, 0.1) is 23.7 Å². The zero-order valence-corrected chi connectivity index (χ0v) is 35.7. The van der Waals surface area contributed by atoms with E-state index < -0.39 is 76.8 Å². The average Bonchev–Trinajstić information content (AvgIpc) is 3.08. The number of benzene rings is 1. The van der Waals surface area contributed by atoms with Crippen LogP contribution in [-0.2, 0) is 44.8 Å². The van der Waals surface area contributed by atoms with Crippen LogP contribution < -0.4 is 31.9 Å². The number of carbonyl (C=O) groups excluding carboxylic acids is 7. The lowest BCUT2D eigenvalue weighted by atomic mass is 9.96. The van der Waals surface area contributed by atoms with Gasteiger partial charge in [-0.2, -0.15) is 0 Å². The van der Waals surface area contributed by atoms with Gasteiger partial charge in [-0.15, -0.1) is 0 Å². The average molecular weight is 789 g/mol. The molecular weight excluding hydrogens is 720 g/mol. The van der Waals surface area contributed by atoms with Gasteiger partial charge in [-0.25, -0.2) is 9.59 Å². The second kappa shape index (κ2) is 22.8. The van der Waals surface area contributed by atoms with E-state index in [2.05, 4.69) is 31.9 Å². The van der Waals surface area contributed by atoms with E-state index in [4.69, 9.17) is 9.47 Å². The summed E-state index contributed by atoms with van der Waals surface area (Å²) in [4.78, 5) is 93.2. The van der Waals surface area contributed by atoms with Crippen LogP contribution in [0.1, 0.15) is 114 Å². The van der Waals surface area contributed by atoms with Crippen LogP contribution >= 0.6 is 0 Å². The summed E-state index contributed by atoms with van der Waals surface area (Å²) in [5.74, 6) is -3.82. The lowest BCUT2D eigenvalue weighted by molar-refractivity contribution is -0.149. The normalized spacial score (nSPS) is 13.9. The molecule has 0 aliphatic heterocycles. The maximum Gasteiger partial charge on any atom is 0.408 e. The fourth-order valence-corrected chi connectivity index (χ4v) is 5.76. The van der Waals surface area contributed by atoms with Gasteiger partial charge in [0.05, 0.1) is 7.11 Å². The van der Waals surface area contributed by atoms with Crippen molar-refractivity contribution < 1.29 is 43.0 Å². The van der Waals surface area contributed by atoms with E-state index in [-0.39, 0.29) is 56.0 Å². The van der Waals surface area contributed by atoms with E-state index in [1.54, 1.807) is 0 Å². The largest absolute Gasteiger partial charge is 0.467 e. The first-order valence-corrected chi connectivity index (χ1v) is 19.5. The van der Waals surface area contributed by atoms with E-state index in [1.165, 1.54) is 34.8 Å². The van der Waals surface area contributed by atoms with Crippen molar-refractivity contribution in [2.75, 3.05) is 7.11 Å². The molecule has 1 aromatic carbocycles. The van der Waals surface area contributed by atoms with Gasteiger partial charge in [-0.05, 0) is 82.6 Å². The van der Waals surface area contributed by atoms with Crippen molar-refractivity contribution in [1.29, 1.82) is 0 Å². The molecule has 0 aliphatic carbocycles. The number of carbonyl (C=O) groups is 7. The number of rotatable bonds is 22. The molecule has 0 saturated heterocycles. The summed E-state index contributed by atoms with van der Waals surface area (Å²) in [6, 6.07) is 4.94. The Kier molecular flexibility index (Phi) is 20.1. The van der Waals surface area contributed by atoms with Crippen LogP contribution in [0.15, 0.2) is 30.3 Å². The van der Waals surface area contributed by atoms with Crippen molar-refractivity contribution in [3.05, 3.63) is 35.9 Å². The smallest absolute Gasteiger partial charge is 0.408 e. The molecular formula is C41H68N6O9. The quantitative estimate of drug-likeness (QED) is 0.0941. The third-order valence-electron chi connectivity index (χ3n) is 8.67. The van der Waals surface area contributed by atoms with Gasteiger partial charge in [-0.3, -0.25) is 24.0 Å². The molecule has 0 aliphatic rings. The molecule has 0 aromatic heterocycles. The lowest BCUT2D eigenvalue weighted by Crippen LogP contribution is -2.63. The van der Waals surface area contributed by atoms with Crippen LogP contribution in [0.5, 0.6) is 0 Å². The first-order chi connectivity index (χ1) is 25.9. The Bertz CT molecular complexity index is 1480. The number of ether oxygens (including phenoxy) is 2. The maximum absolute atomic E-state index is 13.8. The number of amides is 6. The molecule has 56 heavy (non-hydrogen) atoms.